The van der Waals surface area contributed by atoms with E-state index in [1.165, 1.54) is 0 Å². The third kappa shape index (κ3) is 6.76. The van der Waals surface area contributed by atoms with Crippen molar-refractivity contribution in [3.63, 3.8) is 0 Å². The highest BCUT2D eigenvalue weighted by atomic mass is 35.5. The molecule has 2 aromatic rings. The highest BCUT2D eigenvalue weighted by Crippen LogP contribution is 2.19. The van der Waals surface area contributed by atoms with Crippen LogP contribution in [0, 0.1) is 0 Å². The standard InChI is InChI=1S/C18H20ClN3O2S/c19-13-7-8-16(25)15(11-13)18(24)21-10-3-1-2-6-17(23)22-14-5-4-9-20-12-14/h4-5,7-9,11-12,25H,1-3,6,10H2,(H,21,24)(H,22,23). The van der Waals surface area contributed by atoms with Crippen molar-refractivity contribution in [2.24, 2.45) is 0 Å². The fourth-order valence-electron chi connectivity index (χ4n) is 2.23. The number of benzene rings is 1. The van der Waals surface area contributed by atoms with Crippen molar-refractivity contribution in [1.29, 1.82) is 0 Å². The maximum Gasteiger partial charge on any atom is 0.252 e. The molecule has 0 radical (unpaired) electrons. The zero-order valence-corrected chi connectivity index (χ0v) is 15.3. The number of hydrogen-bond donors (Lipinski definition) is 3. The molecule has 7 heteroatoms. The van der Waals surface area contributed by atoms with Crippen LogP contribution >= 0.6 is 24.2 Å². The van der Waals surface area contributed by atoms with Crippen molar-refractivity contribution in [1.82, 2.24) is 10.3 Å². The molecule has 0 saturated carbocycles. The molecule has 0 saturated heterocycles. The molecule has 2 N–H and O–H groups in total. The molecule has 0 aliphatic heterocycles. The van der Waals surface area contributed by atoms with Gasteiger partial charge in [-0.25, -0.2) is 0 Å². The zero-order chi connectivity index (χ0) is 18.1. The maximum absolute atomic E-state index is 12.1. The van der Waals surface area contributed by atoms with Crippen LogP contribution in [-0.4, -0.2) is 23.3 Å². The summed E-state index contributed by atoms with van der Waals surface area (Å²) in [6, 6.07) is 8.56. The monoisotopic (exact) mass is 377 g/mol. The number of anilines is 1. The molecule has 0 unspecified atom stereocenters. The van der Waals surface area contributed by atoms with Crippen LogP contribution < -0.4 is 10.6 Å². The first kappa shape index (κ1) is 19.3. The van der Waals surface area contributed by atoms with Gasteiger partial charge in [0, 0.05) is 29.1 Å². The molecule has 1 aromatic heterocycles. The molecule has 0 atom stereocenters. The van der Waals surface area contributed by atoms with Crippen molar-refractivity contribution >= 4 is 41.7 Å². The van der Waals surface area contributed by atoms with Gasteiger partial charge < -0.3 is 10.6 Å². The van der Waals surface area contributed by atoms with Gasteiger partial charge in [0.1, 0.15) is 0 Å². The molecule has 132 valence electrons. The van der Waals surface area contributed by atoms with Crippen molar-refractivity contribution in [3.8, 4) is 0 Å². The Morgan fingerprint density at radius 1 is 1.16 bits per heavy atom. The Kier molecular flexibility index (Phi) is 7.76. The van der Waals surface area contributed by atoms with E-state index in [4.69, 9.17) is 11.6 Å². The van der Waals surface area contributed by atoms with Gasteiger partial charge in [0.15, 0.2) is 0 Å². The molecule has 5 nitrogen and oxygen atoms in total. The number of carbonyl (C=O) groups is 2. The van der Waals surface area contributed by atoms with E-state index >= 15 is 0 Å². The average Bonchev–Trinajstić information content (AvgIpc) is 2.60. The summed E-state index contributed by atoms with van der Waals surface area (Å²) >= 11 is 10.2. The Balaban J connectivity index is 1.61. The number of hydrogen-bond acceptors (Lipinski definition) is 4. The molecular formula is C18H20ClN3O2S. The summed E-state index contributed by atoms with van der Waals surface area (Å²) in [5, 5.41) is 6.13. The van der Waals surface area contributed by atoms with Gasteiger partial charge in [-0.15, -0.1) is 12.6 Å². The second-order valence-electron chi connectivity index (χ2n) is 5.52. The van der Waals surface area contributed by atoms with Gasteiger partial charge >= 0.3 is 0 Å². The van der Waals surface area contributed by atoms with Crippen LogP contribution in [-0.2, 0) is 4.79 Å². The van der Waals surface area contributed by atoms with E-state index < -0.39 is 0 Å². The fourth-order valence-corrected chi connectivity index (χ4v) is 2.65. The summed E-state index contributed by atoms with van der Waals surface area (Å²) < 4.78 is 0. The summed E-state index contributed by atoms with van der Waals surface area (Å²) in [5.41, 5.74) is 1.16. The predicted octanol–water partition coefficient (Wildman–Crippen LogP) is 3.95. The average molecular weight is 378 g/mol. The number of carbonyl (C=O) groups excluding carboxylic acids is 2. The largest absolute Gasteiger partial charge is 0.352 e. The number of halogens is 1. The molecule has 0 bridgehead atoms. The highest BCUT2D eigenvalue weighted by molar-refractivity contribution is 7.80. The van der Waals surface area contributed by atoms with Gasteiger partial charge in [0.2, 0.25) is 5.91 Å². The van der Waals surface area contributed by atoms with Crippen molar-refractivity contribution in [3.05, 3.63) is 53.3 Å². The summed E-state index contributed by atoms with van der Waals surface area (Å²) in [5.74, 6) is -0.225. The van der Waals surface area contributed by atoms with Gasteiger partial charge in [0.25, 0.3) is 5.91 Å². The first-order valence-electron chi connectivity index (χ1n) is 8.03. The van der Waals surface area contributed by atoms with Gasteiger partial charge in [-0.05, 0) is 43.2 Å². The van der Waals surface area contributed by atoms with Crippen LogP contribution in [0.3, 0.4) is 0 Å². The molecule has 2 rings (SSSR count). The molecule has 25 heavy (non-hydrogen) atoms. The number of thiol groups is 1. The van der Waals surface area contributed by atoms with Crippen LogP contribution in [0.25, 0.3) is 0 Å². The lowest BCUT2D eigenvalue weighted by Gasteiger charge is -2.08. The van der Waals surface area contributed by atoms with Crippen LogP contribution in [0.5, 0.6) is 0 Å². The lowest BCUT2D eigenvalue weighted by atomic mass is 10.1. The first-order valence-corrected chi connectivity index (χ1v) is 8.85. The second kappa shape index (κ2) is 10.1. The van der Waals surface area contributed by atoms with Gasteiger partial charge in [-0.2, -0.15) is 0 Å². The van der Waals surface area contributed by atoms with Crippen LogP contribution in [0.1, 0.15) is 36.0 Å². The molecule has 0 aliphatic carbocycles. The molecule has 1 heterocycles. The Morgan fingerprint density at radius 3 is 2.76 bits per heavy atom. The lowest BCUT2D eigenvalue weighted by Crippen LogP contribution is -2.24. The van der Waals surface area contributed by atoms with Crippen LogP contribution in [0.4, 0.5) is 5.69 Å². The van der Waals surface area contributed by atoms with Crippen molar-refractivity contribution in [2.45, 2.75) is 30.6 Å². The predicted molar refractivity (Wildman–Crippen MR) is 102 cm³/mol. The van der Waals surface area contributed by atoms with Crippen molar-refractivity contribution in [2.75, 3.05) is 11.9 Å². The van der Waals surface area contributed by atoms with Crippen LogP contribution in [0.15, 0.2) is 47.6 Å². The molecular weight excluding hydrogens is 358 g/mol. The molecule has 1 aromatic carbocycles. The lowest BCUT2D eigenvalue weighted by molar-refractivity contribution is -0.116. The van der Waals surface area contributed by atoms with E-state index in [-0.39, 0.29) is 11.8 Å². The third-order valence-corrected chi connectivity index (χ3v) is 4.14. The molecule has 0 aliphatic rings. The molecule has 2 amide bonds. The number of nitrogens with zero attached hydrogens (tertiary/aromatic N) is 1. The van der Waals surface area contributed by atoms with Gasteiger partial charge in [0.05, 0.1) is 17.4 Å². The summed E-state index contributed by atoms with van der Waals surface area (Å²) in [4.78, 5) is 28.4. The number of rotatable bonds is 8. The maximum atomic E-state index is 12.1. The number of amides is 2. The zero-order valence-electron chi connectivity index (χ0n) is 13.7. The summed E-state index contributed by atoms with van der Waals surface area (Å²) in [7, 11) is 0. The van der Waals surface area contributed by atoms with Gasteiger partial charge in [-0.3, -0.25) is 14.6 Å². The Hall–Kier alpha value is -2.05. The van der Waals surface area contributed by atoms with Gasteiger partial charge in [-0.1, -0.05) is 18.0 Å². The van der Waals surface area contributed by atoms with E-state index in [2.05, 4.69) is 28.2 Å². The Morgan fingerprint density at radius 2 is 2.00 bits per heavy atom. The Bertz CT molecular complexity index is 726. The molecule has 0 spiro atoms. The van der Waals surface area contributed by atoms with Crippen LogP contribution in [0.2, 0.25) is 5.02 Å². The third-order valence-electron chi connectivity index (χ3n) is 3.51. The number of aromatic nitrogens is 1. The highest BCUT2D eigenvalue weighted by Gasteiger charge is 2.09. The Labute approximate surface area is 157 Å². The number of unbranched alkanes of at least 4 members (excludes halogenated alkanes) is 2. The first-order chi connectivity index (χ1) is 12.1. The minimum atomic E-state index is -0.193. The number of nitrogens with one attached hydrogen (secondary N) is 2. The topological polar surface area (TPSA) is 71.1 Å². The SMILES string of the molecule is O=C(CCCCCNC(=O)c1cc(Cl)ccc1S)Nc1cccnc1. The minimum absolute atomic E-state index is 0.0318. The number of pyridine rings is 1. The van der Waals surface area contributed by atoms with Crippen molar-refractivity contribution < 1.29 is 9.59 Å². The normalized spacial score (nSPS) is 10.3. The van der Waals surface area contributed by atoms with E-state index in [0.29, 0.717) is 34.1 Å². The summed E-state index contributed by atoms with van der Waals surface area (Å²) in [6.07, 6.45) is 6.12. The minimum Gasteiger partial charge on any atom is -0.352 e. The van der Waals surface area contributed by atoms with E-state index in [9.17, 15) is 9.59 Å². The smallest absolute Gasteiger partial charge is 0.252 e. The van der Waals surface area contributed by atoms with E-state index in [0.717, 1.165) is 19.3 Å². The molecule has 0 fully saturated rings. The fraction of sp³-hybridized carbons (Fsp3) is 0.278. The van der Waals surface area contributed by atoms with E-state index in [1.807, 2.05) is 0 Å². The van der Waals surface area contributed by atoms with E-state index in [1.54, 1.807) is 42.7 Å². The quantitative estimate of drug-likeness (QED) is 0.481. The second-order valence-corrected chi connectivity index (χ2v) is 6.44. The summed E-state index contributed by atoms with van der Waals surface area (Å²) in [6.45, 7) is 0.544.